The number of hydrogen-bond donors (Lipinski definition) is 0. The van der Waals surface area contributed by atoms with Crippen molar-refractivity contribution in [1.29, 1.82) is 0 Å². The Hall–Kier alpha value is -2.47. The number of thiazole rings is 1. The van der Waals surface area contributed by atoms with Crippen LogP contribution in [0.2, 0.25) is 0 Å². The molecule has 0 saturated heterocycles. The SMILES string of the molecule is COC(=O)c1cccc(-c2nc(-c3cnn(C)c3)cs2)c1. The van der Waals surface area contributed by atoms with Gasteiger partial charge in [0.25, 0.3) is 0 Å². The summed E-state index contributed by atoms with van der Waals surface area (Å²) in [6, 6.07) is 7.27. The Morgan fingerprint density at radius 1 is 1.33 bits per heavy atom. The zero-order valence-electron chi connectivity index (χ0n) is 11.6. The highest BCUT2D eigenvalue weighted by Gasteiger charge is 2.11. The van der Waals surface area contributed by atoms with Crippen molar-refractivity contribution < 1.29 is 9.53 Å². The lowest BCUT2D eigenvalue weighted by atomic mass is 10.1. The molecule has 0 aliphatic carbocycles. The smallest absolute Gasteiger partial charge is 0.337 e. The molecule has 3 rings (SSSR count). The molecule has 21 heavy (non-hydrogen) atoms. The Morgan fingerprint density at radius 3 is 2.90 bits per heavy atom. The number of hydrogen-bond acceptors (Lipinski definition) is 5. The van der Waals surface area contributed by atoms with Crippen LogP contribution in [-0.2, 0) is 11.8 Å². The minimum absolute atomic E-state index is 0.346. The van der Waals surface area contributed by atoms with Gasteiger partial charge in [-0.3, -0.25) is 4.68 Å². The zero-order chi connectivity index (χ0) is 14.8. The highest BCUT2D eigenvalue weighted by molar-refractivity contribution is 7.13. The number of nitrogens with zero attached hydrogens (tertiary/aromatic N) is 3. The van der Waals surface area contributed by atoms with Crippen LogP contribution in [0.5, 0.6) is 0 Å². The number of aryl methyl sites for hydroxylation is 1. The molecule has 0 spiro atoms. The molecule has 0 saturated carbocycles. The maximum atomic E-state index is 11.6. The number of carbonyl (C=O) groups is 1. The second-order valence-electron chi connectivity index (χ2n) is 4.51. The summed E-state index contributed by atoms with van der Waals surface area (Å²) in [4.78, 5) is 16.2. The molecule has 0 bridgehead atoms. The van der Waals surface area contributed by atoms with Gasteiger partial charge in [-0.15, -0.1) is 11.3 Å². The van der Waals surface area contributed by atoms with Crippen molar-refractivity contribution in [2.45, 2.75) is 0 Å². The molecule has 2 aromatic heterocycles. The first-order valence-corrected chi connectivity index (χ1v) is 7.18. The Bertz CT molecular complexity index is 792. The summed E-state index contributed by atoms with van der Waals surface area (Å²) < 4.78 is 6.48. The Morgan fingerprint density at radius 2 is 2.19 bits per heavy atom. The topological polar surface area (TPSA) is 57.0 Å². The van der Waals surface area contributed by atoms with Crippen molar-refractivity contribution in [1.82, 2.24) is 14.8 Å². The van der Waals surface area contributed by atoms with Crippen LogP contribution in [-0.4, -0.2) is 27.8 Å². The van der Waals surface area contributed by atoms with Gasteiger partial charge in [-0.05, 0) is 12.1 Å². The minimum atomic E-state index is -0.346. The van der Waals surface area contributed by atoms with Crippen LogP contribution in [0.4, 0.5) is 0 Å². The van der Waals surface area contributed by atoms with Crippen molar-refractivity contribution in [3.63, 3.8) is 0 Å². The fourth-order valence-electron chi connectivity index (χ4n) is 1.99. The molecular formula is C15H13N3O2S. The van der Waals surface area contributed by atoms with E-state index in [0.717, 1.165) is 21.8 Å². The molecule has 0 atom stereocenters. The van der Waals surface area contributed by atoms with E-state index in [1.54, 1.807) is 23.0 Å². The van der Waals surface area contributed by atoms with E-state index in [4.69, 9.17) is 4.74 Å². The lowest BCUT2D eigenvalue weighted by Crippen LogP contribution is -2.00. The van der Waals surface area contributed by atoms with E-state index >= 15 is 0 Å². The third-order valence-corrected chi connectivity index (χ3v) is 3.93. The average Bonchev–Trinajstić information content (AvgIpc) is 3.15. The highest BCUT2D eigenvalue weighted by Crippen LogP contribution is 2.29. The first-order valence-electron chi connectivity index (χ1n) is 6.30. The van der Waals surface area contributed by atoms with Gasteiger partial charge < -0.3 is 4.74 Å². The fourth-order valence-corrected chi connectivity index (χ4v) is 2.82. The van der Waals surface area contributed by atoms with E-state index < -0.39 is 0 Å². The van der Waals surface area contributed by atoms with Gasteiger partial charge in [-0.1, -0.05) is 12.1 Å². The van der Waals surface area contributed by atoms with Crippen LogP contribution in [0.25, 0.3) is 21.8 Å². The molecular weight excluding hydrogens is 286 g/mol. The van der Waals surface area contributed by atoms with E-state index in [9.17, 15) is 4.79 Å². The van der Waals surface area contributed by atoms with E-state index in [0.29, 0.717) is 5.56 Å². The van der Waals surface area contributed by atoms with Gasteiger partial charge in [0.05, 0.1) is 24.6 Å². The Kier molecular flexibility index (Phi) is 3.53. The van der Waals surface area contributed by atoms with Gasteiger partial charge in [0.2, 0.25) is 0 Å². The molecule has 3 aromatic rings. The van der Waals surface area contributed by atoms with E-state index in [-0.39, 0.29) is 5.97 Å². The van der Waals surface area contributed by atoms with Crippen LogP contribution in [0, 0.1) is 0 Å². The molecule has 6 heteroatoms. The van der Waals surface area contributed by atoms with Crippen molar-refractivity contribution >= 4 is 17.3 Å². The number of esters is 1. The summed E-state index contributed by atoms with van der Waals surface area (Å²) in [5.41, 5.74) is 3.28. The standard InChI is InChI=1S/C15H13N3O2S/c1-18-8-12(7-16-18)13-9-21-14(17-13)10-4-3-5-11(6-10)15(19)20-2/h3-9H,1-2H3. The predicted octanol–water partition coefficient (Wildman–Crippen LogP) is 3.00. The third kappa shape index (κ3) is 2.71. The summed E-state index contributed by atoms with van der Waals surface area (Å²) in [6.07, 6.45) is 3.70. The maximum absolute atomic E-state index is 11.6. The van der Waals surface area contributed by atoms with Crippen molar-refractivity contribution in [2.75, 3.05) is 7.11 Å². The highest BCUT2D eigenvalue weighted by atomic mass is 32.1. The molecule has 0 unspecified atom stereocenters. The number of ether oxygens (including phenoxy) is 1. The molecule has 0 aliphatic heterocycles. The number of rotatable bonds is 3. The van der Waals surface area contributed by atoms with E-state index in [1.807, 2.05) is 30.8 Å². The lowest BCUT2D eigenvalue weighted by molar-refractivity contribution is 0.0601. The molecule has 0 radical (unpaired) electrons. The van der Waals surface area contributed by atoms with Crippen LogP contribution in [0.1, 0.15) is 10.4 Å². The average molecular weight is 299 g/mol. The van der Waals surface area contributed by atoms with Crippen molar-refractivity contribution in [3.05, 3.63) is 47.6 Å². The molecule has 5 nitrogen and oxygen atoms in total. The largest absolute Gasteiger partial charge is 0.465 e. The summed E-state index contributed by atoms with van der Waals surface area (Å²) >= 11 is 1.53. The van der Waals surface area contributed by atoms with Crippen LogP contribution >= 0.6 is 11.3 Å². The summed E-state index contributed by atoms with van der Waals surface area (Å²) in [5.74, 6) is -0.346. The number of methoxy groups -OCH3 is 1. The van der Waals surface area contributed by atoms with Crippen molar-refractivity contribution in [2.24, 2.45) is 7.05 Å². The van der Waals surface area contributed by atoms with Gasteiger partial charge in [0, 0.05) is 29.8 Å². The molecule has 2 heterocycles. The summed E-state index contributed by atoms with van der Waals surface area (Å²) in [6.45, 7) is 0. The number of aromatic nitrogens is 3. The van der Waals surface area contributed by atoms with Crippen molar-refractivity contribution in [3.8, 4) is 21.8 Å². The first-order chi connectivity index (χ1) is 10.2. The van der Waals surface area contributed by atoms with Gasteiger partial charge in [0.1, 0.15) is 5.01 Å². The van der Waals surface area contributed by atoms with Gasteiger partial charge >= 0.3 is 5.97 Å². The third-order valence-electron chi connectivity index (χ3n) is 3.04. The van der Waals surface area contributed by atoms with Gasteiger partial charge in [-0.25, -0.2) is 9.78 Å². The monoisotopic (exact) mass is 299 g/mol. The van der Waals surface area contributed by atoms with Gasteiger partial charge in [0.15, 0.2) is 0 Å². The van der Waals surface area contributed by atoms with Gasteiger partial charge in [-0.2, -0.15) is 5.10 Å². The van der Waals surface area contributed by atoms with Crippen LogP contribution in [0.3, 0.4) is 0 Å². The summed E-state index contributed by atoms with van der Waals surface area (Å²) in [7, 11) is 3.25. The predicted molar refractivity (Wildman–Crippen MR) is 81.1 cm³/mol. The molecule has 0 fully saturated rings. The number of benzene rings is 1. The zero-order valence-corrected chi connectivity index (χ0v) is 12.4. The Labute approximate surface area is 125 Å². The van der Waals surface area contributed by atoms with Crippen LogP contribution < -0.4 is 0 Å². The second-order valence-corrected chi connectivity index (χ2v) is 5.37. The molecule has 106 valence electrons. The molecule has 0 aliphatic rings. The quantitative estimate of drug-likeness (QED) is 0.698. The van der Waals surface area contributed by atoms with E-state index in [1.165, 1.54) is 18.4 Å². The maximum Gasteiger partial charge on any atom is 0.337 e. The molecule has 0 N–H and O–H groups in total. The molecule has 0 amide bonds. The number of carbonyl (C=O) groups excluding carboxylic acids is 1. The Balaban J connectivity index is 1.95. The van der Waals surface area contributed by atoms with E-state index in [2.05, 4.69) is 10.1 Å². The summed E-state index contributed by atoms with van der Waals surface area (Å²) in [5, 5.41) is 6.99. The second kappa shape index (κ2) is 5.49. The fraction of sp³-hybridized carbons (Fsp3) is 0.133. The molecule has 1 aromatic carbocycles. The van der Waals surface area contributed by atoms with Crippen LogP contribution in [0.15, 0.2) is 42.0 Å². The first kappa shape index (κ1) is 13.5. The lowest BCUT2D eigenvalue weighted by Gasteiger charge is -2.01. The minimum Gasteiger partial charge on any atom is -0.465 e. The normalized spacial score (nSPS) is 10.6.